The highest BCUT2D eigenvalue weighted by molar-refractivity contribution is 5.94. The van der Waals surface area contributed by atoms with Crippen molar-refractivity contribution in [3.8, 4) is 11.3 Å². The van der Waals surface area contributed by atoms with Gasteiger partial charge in [-0.2, -0.15) is 5.10 Å². The molecule has 0 aliphatic carbocycles. The first kappa shape index (κ1) is 21.1. The van der Waals surface area contributed by atoms with Crippen molar-refractivity contribution < 1.29 is 4.79 Å². The Labute approximate surface area is 193 Å². The molecule has 6 nitrogen and oxygen atoms in total. The Hall–Kier alpha value is -3.80. The summed E-state index contributed by atoms with van der Waals surface area (Å²) in [4.78, 5) is 24.4. The third kappa shape index (κ3) is 4.85. The van der Waals surface area contributed by atoms with Crippen molar-refractivity contribution in [1.29, 1.82) is 0 Å². The molecular formula is C27H27N5O. The van der Waals surface area contributed by atoms with Crippen LogP contribution in [0.4, 0.5) is 0 Å². The molecule has 0 spiro atoms. The zero-order chi connectivity index (χ0) is 22.6. The van der Waals surface area contributed by atoms with E-state index in [-0.39, 0.29) is 5.91 Å². The van der Waals surface area contributed by atoms with Crippen LogP contribution in [0.2, 0.25) is 0 Å². The number of hydrogen-bond donors (Lipinski definition) is 0. The normalized spacial score (nSPS) is 14.4. The average Bonchev–Trinajstić information content (AvgIpc) is 3.31. The maximum atomic E-state index is 13.0. The van der Waals surface area contributed by atoms with E-state index in [1.54, 1.807) is 17.1 Å². The largest absolute Gasteiger partial charge is 0.339 e. The van der Waals surface area contributed by atoms with Crippen molar-refractivity contribution in [2.24, 2.45) is 7.05 Å². The van der Waals surface area contributed by atoms with Crippen molar-refractivity contribution in [2.75, 3.05) is 13.1 Å². The number of nitrogens with zero attached hydrogens (tertiary/aromatic N) is 5. The fourth-order valence-electron chi connectivity index (χ4n) is 4.43. The Bertz CT molecular complexity index is 1220. The Morgan fingerprint density at radius 2 is 1.79 bits per heavy atom. The van der Waals surface area contributed by atoms with Gasteiger partial charge < -0.3 is 4.90 Å². The molecule has 166 valence electrons. The molecule has 0 N–H and O–H groups in total. The molecule has 0 bridgehead atoms. The van der Waals surface area contributed by atoms with E-state index in [4.69, 9.17) is 4.98 Å². The van der Waals surface area contributed by atoms with Crippen LogP contribution in [0.1, 0.15) is 46.1 Å². The molecule has 1 saturated heterocycles. The van der Waals surface area contributed by atoms with E-state index in [1.807, 2.05) is 36.3 Å². The molecular weight excluding hydrogens is 410 g/mol. The Morgan fingerprint density at radius 1 is 0.970 bits per heavy atom. The van der Waals surface area contributed by atoms with Crippen LogP contribution in [0.25, 0.3) is 11.3 Å². The van der Waals surface area contributed by atoms with E-state index < -0.39 is 0 Å². The molecule has 1 aliphatic heterocycles. The molecule has 0 unspecified atom stereocenters. The average molecular weight is 438 g/mol. The van der Waals surface area contributed by atoms with Gasteiger partial charge in [0.15, 0.2) is 0 Å². The topological polar surface area (TPSA) is 63.9 Å². The molecule has 6 heteroatoms. The number of aromatic nitrogens is 4. The maximum Gasteiger partial charge on any atom is 0.255 e. The molecule has 1 fully saturated rings. The van der Waals surface area contributed by atoms with Gasteiger partial charge >= 0.3 is 0 Å². The monoisotopic (exact) mass is 437 g/mol. The van der Waals surface area contributed by atoms with Gasteiger partial charge in [-0.3, -0.25) is 19.4 Å². The van der Waals surface area contributed by atoms with Crippen LogP contribution in [-0.4, -0.2) is 43.6 Å². The van der Waals surface area contributed by atoms with Crippen LogP contribution in [0.5, 0.6) is 0 Å². The number of rotatable bonds is 5. The molecule has 3 aromatic heterocycles. The van der Waals surface area contributed by atoms with Crippen molar-refractivity contribution in [2.45, 2.75) is 25.2 Å². The zero-order valence-electron chi connectivity index (χ0n) is 18.8. The second-order valence-corrected chi connectivity index (χ2v) is 8.62. The number of pyridine rings is 2. The lowest BCUT2D eigenvalue weighted by Crippen LogP contribution is -2.38. The summed E-state index contributed by atoms with van der Waals surface area (Å²) in [5.74, 6) is 0.431. The van der Waals surface area contributed by atoms with Crippen molar-refractivity contribution >= 4 is 5.91 Å². The molecule has 0 radical (unpaired) electrons. The molecule has 4 heterocycles. The van der Waals surface area contributed by atoms with Crippen LogP contribution in [-0.2, 0) is 13.5 Å². The Morgan fingerprint density at radius 3 is 2.48 bits per heavy atom. The fraction of sp³-hybridized carbons (Fsp3) is 0.259. The predicted octanol–water partition coefficient (Wildman–Crippen LogP) is 4.49. The first-order valence-electron chi connectivity index (χ1n) is 11.4. The summed E-state index contributed by atoms with van der Waals surface area (Å²) in [5.41, 5.74) is 5.89. The minimum atomic E-state index is 0.0458. The van der Waals surface area contributed by atoms with E-state index in [9.17, 15) is 4.79 Å². The summed E-state index contributed by atoms with van der Waals surface area (Å²) in [6, 6.07) is 20.5. The maximum absolute atomic E-state index is 13.0. The smallest absolute Gasteiger partial charge is 0.255 e. The van der Waals surface area contributed by atoms with Crippen molar-refractivity contribution in [3.05, 3.63) is 102 Å². The molecule has 1 aliphatic rings. The number of amides is 1. The third-order valence-corrected chi connectivity index (χ3v) is 6.27. The molecule has 1 amide bonds. The highest BCUT2D eigenvalue weighted by Gasteiger charge is 2.25. The number of benzene rings is 1. The van der Waals surface area contributed by atoms with E-state index in [0.29, 0.717) is 11.5 Å². The lowest BCUT2D eigenvalue weighted by Gasteiger charge is -2.32. The molecule has 5 rings (SSSR count). The van der Waals surface area contributed by atoms with Crippen LogP contribution in [0.15, 0.2) is 79.3 Å². The van der Waals surface area contributed by atoms with E-state index in [1.165, 1.54) is 5.56 Å². The Balaban J connectivity index is 1.20. The number of aryl methyl sites for hydroxylation is 1. The summed E-state index contributed by atoms with van der Waals surface area (Å²) in [5, 5.41) is 4.18. The first-order chi connectivity index (χ1) is 16.2. The van der Waals surface area contributed by atoms with Crippen molar-refractivity contribution in [1.82, 2.24) is 24.6 Å². The van der Waals surface area contributed by atoms with Gasteiger partial charge in [0.1, 0.15) is 0 Å². The summed E-state index contributed by atoms with van der Waals surface area (Å²) < 4.78 is 1.74. The van der Waals surface area contributed by atoms with Gasteiger partial charge in [-0.05, 0) is 42.7 Å². The zero-order valence-corrected chi connectivity index (χ0v) is 18.8. The molecule has 0 saturated carbocycles. The van der Waals surface area contributed by atoms with Gasteiger partial charge in [-0.15, -0.1) is 0 Å². The van der Waals surface area contributed by atoms with E-state index in [2.05, 4.69) is 52.5 Å². The first-order valence-corrected chi connectivity index (χ1v) is 11.4. The summed E-state index contributed by atoms with van der Waals surface area (Å²) in [6.45, 7) is 1.47. The second-order valence-electron chi connectivity index (χ2n) is 8.62. The summed E-state index contributed by atoms with van der Waals surface area (Å²) in [7, 11) is 1.88. The van der Waals surface area contributed by atoms with Crippen molar-refractivity contribution in [3.63, 3.8) is 0 Å². The second kappa shape index (κ2) is 9.36. The Kier molecular flexibility index (Phi) is 5.98. The van der Waals surface area contributed by atoms with Crippen LogP contribution in [0.3, 0.4) is 0 Å². The number of piperidine rings is 1. The molecule has 1 aromatic carbocycles. The lowest BCUT2D eigenvalue weighted by molar-refractivity contribution is 0.0711. The number of carbonyl (C=O) groups excluding carboxylic acids is 1. The number of likely N-dealkylation sites (tertiary alicyclic amines) is 1. The van der Waals surface area contributed by atoms with Gasteiger partial charge in [0.25, 0.3) is 5.91 Å². The van der Waals surface area contributed by atoms with Gasteiger partial charge in [0.05, 0.1) is 17.5 Å². The highest BCUT2D eigenvalue weighted by Crippen LogP contribution is 2.28. The summed E-state index contributed by atoms with van der Waals surface area (Å²) in [6.07, 6.45) is 8.05. The number of carbonyl (C=O) groups is 1. The van der Waals surface area contributed by atoms with Gasteiger partial charge in [0.2, 0.25) is 0 Å². The summed E-state index contributed by atoms with van der Waals surface area (Å²) >= 11 is 0. The van der Waals surface area contributed by atoms with Gasteiger partial charge in [-0.1, -0.05) is 36.4 Å². The molecule has 4 aromatic rings. The standard InChI is InChI=1S/C27H27N5O/c1-31-19-23(18-29-31)25-11-10-22(17-28-25)27(33)32-14-12-21(13-15-32)26-9-5-8-24(30-26)16-20-6-3-2-4-7-20/h2-11,17-19,21H,12-16H2,1H3. The van der Waals surface area contributed by atoms with Crippen LogP contribution in [0, 0.1) is 0 Å². The minimum absolute atomic E-state index is 0.0458. The lowest BCUT2D eigenvalue weighted by atomic mass is 9.92. The van der Waals surface area contributed by atoms with Crippen LogP contribution >= 0.6 is 0 Å². The van der Waals surface area contributed by atoms with Gasteiger partial charge in [-0.25, -0.2) is 0 Å². The minimum Gasteiger partial charge on any atom is -0.339 e. The SMILES string of the molecule is Cn1cc(-c2ccc(C(=O)N3CCC(c4cccc(Cc5ccccc5)n4)CC3)cn2)cn1. The van der Waals surface area contributed by atoms with Gasteiger partial charge in [0, 0.05) is 61.8 Å². The molecule has 33 heavy (non-hydrogen) atoms. The quantitative estimate of drug-likeness (QED) is 0.462. The predicted molar refractivity (Wildman–Crippen MR) is 128 cm³/mol. The highest BCUT2D eigenvalue weighted by atomic mass is 16.2. The third-order valence-electron chi connectivity index (χ3n) is 6.27. The van der Waals surface area contributed by atoms with Crippen LogP contribution < -0.4 is 0 Å². The van der Waals surface area contributed by atoms with E-state index in [0.717, 1.165) is 55.0 Å². The number of hydrogen-bond acceptors (Lipinski definition) is 4. The fourth-order valence-corrected chi connectivity index (χ4v) is 4.43. The molecule has 0 atom stereocenters. The van der Waals surface area contributed by atoms with E-state index >= 15 is 0 Å².